The lowest BCUT2D eigenvalue weighted by molar-refractivity contribution is -0.384. The molecule has 0 spiro atoms. The van der Waals surface area contributed by atoms with E-state index in [-0.39, 0.29) is 16.3 Å². The molecular weight excluding hydrogens is 442 g/mol. The zero-order valence-corrected chi connectivity index (χ0v) is 17.9. The Hall–Kier alpha value is -3.43. The van der Waals surface area contributed by atoms with E-state index in [1.165, 1.54) is 30.3 Å². The molecule has 0 aromatic heterocycles. The highest BCUT2D eigenvalue weighted by atomic mass is 35.5. The third kappa shape index (κ3) is 5.19. The number of carbonyl (C=O) groups is 1. The van der Waals surface area contributed by atoms with Gasteiger partial charge in [-0.25, -0.2) is 8.42 Å². The van der Waals surface area contributed by atoms with Crippen molar-refractivity contribution in [1.29, 1.82) is 0 Å². The molecule has 0 aliphatic rings. The highest BCUT2D eigenvalue weighted by Crippen LogP contribution is 2.27. The van der Waals surface area contributed by atoms with Crippen LogP contribution in [-0.2, 0) is 14.8 Å². The van der Waals surface area contributed by atoms with Crippen molar-refractivity contribution in [3.63, 3.8) is 0 Å². The Morgan fingerprint density at radius 1 is 1.06 bits per heavy atom. The second-order valence-corrected chi connectivity index (χ2v) is 8.91. The van der Waals surface area contributed by atoms with E-state index in [2.05, 4.69) is 5.32 Å². The summed E-state index contributed by atoms with van der Waals surface area (Å²) in [6.07, 6.45) is 0. The zero-order chi connectivity index (χ0) is 22.6. The Kier molecular flexibility index (Phi) is 6.57. The first kappa shape index (κ1) is 22.3. The van der Waals surface area contributed by atoms with E-state index in [1.807, 2.05) is 0 Å². The molecule has 0 saturated carbocycles. The SMILES string of the molecule is Cc1cc(Cl)ccc1NC(=O)CN(c1cccc([N+](=O)[O-])c1)S(=O)(=O)c1ccccc1. The number of benzene rings is 3. The van der Waals surface area contributed by atoms with E-state index in [9.17, 15) is 23.3 Å². The van der Waals surface area contributed by atoms with Crippen molar-refractivity contribution in [1.82, 2.24) is 0 Å². The van der Waals surface area contributed by atoms with E-state index in [1.54, 1.807) is 43.3 Å². The Labute approximate surface area is 184 Å². The van der Waals surface area contributed by atoms with Crippen LogP contribution >= 0.6 is 11.6 Å². The number of halogens is 1. The van der Waals surface area contributed by atoms with Crippen molar-refractivity contribution in [2.24, 2.45) is 0 Å². The molecule has 8 nitrogen and oxygen atoms in total. The van der Waals surface area contributed by atoms with E-state index in [4.69, 9.17) is 11.6 Å². The van der Waals surface area contributed by atoms with E-state index < -0.39 is 27.4 Å². The third-order valence-corrected chi connectivity index (χ3v) is 6.43. The van der Waals surface area contributed by atoms with Gasteiger partial charge in [0, 0.05) is 22.8 Å². The van der Waals surface area contributed by atoms with Crippen LogP contribution in [0.5, 0.6) is 0 Å². The van der Waals surface area contributed by atoms with Gasteiger partial charge in [-0.15, -0.1) is 0 Å². The van der Waals surface area contributed by atoms with E-state index in [0.717, 1.165) is 10.4 Å². The average molecular weight is 460 g/mol. The topological polar surface area (TPSA) is 110 Å². The molecular formula is C21H18ClN3O5S. The maximum absolute atomic E-state index is 13.3. The summed E-state index contributed by atoms with van der Waals surface area (Å²) in [6.45, 7) is 1.17. The van der Waals surface area contributed by atoms with E-state index in [0.29, 0.717) is 16.3 Å². The quantitative estimate of drug-likeness (QED) is 0.416. The number of amides is 1. The molecule has 3 rings (SSSR count). The maximum Gasteiger partial charge on any atom is 0.271 e. The summed E-state index contributed by atoms with van der Waals surface area (Å²) in [5.74, 6) is -0.614. The van der Waals surface area contributed by atoms with Gasteiger partial charge in [0.2, 0.25) is 5.91 Å². The molecule has 160 valence electrons. The molecule has 0 bridgehead atoms. The standard InChI is InChI=1S/C21H18ClN3O5S/c1-15-12-16(22)10-11-20(15)23-21(26)14-24(17-6-5-7-18(13-17)25(27)28)31(29,30)19-8-3-2-4-9-19/h2-13H,14H2,1H3,(H,23,26). The number of nitrogens with zero attached hydrogens (tertiary/aromatic N) is 2. The monoisotopic (exact) mass is 459 g/mol. The minimum atomic E-state index is -4.17. The lowest BCUT2D eigenvalue weighted by atomic mass is 10.2. The first-order chi connectivity index (χ1) is 14.7. The summed E-state index contributed by atoms with van der Waals surface area (Å²) in [6, 6.07) is 17.5. The zero-order valence-electron chi connectivity index (χ0n) is 16.4. The molecule has 1 amide bonds. The number of rotatable bonds is 7. The Bertz CT molecular complexity index is 1230. The number of non-ortho nitro benzene ring substituents is 1. The summed E-state index contributed by atoms with van der Waals surface area (Å²) in [7, 11) is -4.17. The van der Waals surface area contributed by atoms with Gasteiger partial charge < -0.3 is 5.32 Å². The van der Waals surface area contributed by atoms with Crippen LogP contribution < -0.4 is 9.62 Å². The molecule has 0 unspecified atom stereocenters. The number of nitro benzene ring substituents is 1. The molecule has 0 aliphatic heterocycles. The maximum atomic E-state index is 13.3. The van der Waals surface area contributed by atoms with Gasteiger partial charge in [0.25, 0.3) is 15.7 Å². The van der Waals surface area contributed by atoms with E-state index >= 15 is 0 Å². The molecule has 3 aromatic rings. The number of hydrogen-bond donors (Lipinski definition) is 1. The fourth-order valence-electron chi connectivity index (χ4n) is 2.88. The minimum absolute atomic E-state index is 0.000955. The smallest absolute Gasteiger partial charge is 0.271 e. The van der Waals surface area contributed by atoms with Crippen molar-refractivity contribution in [3.8, 4) is 0 Å². The number of anilines is 2. The summed E-state index contributed by atoms with van der Waals surface area (Å²) in [4.78, 5) is 23.2. The molecule has 10 heteroatoms. The Morgan fingerprint density at radius 3 is 2.42 bits per heavy atom. The van der Waals surface area contributed by atoms with Crippen molar-refractivity contribution in [2.45, 2.75) is 11.8 Å². The molecule has 0 radical (unpaired) electrons. The van der Waals surface area contributed by atoms with Crippen LogP contribution in [0.15, 0.2) is 77.7 Å². The first-order valence-electron chi connectivity index (χ1n) is 9.07. The Balaban J connectivity index is 1.99. The van der Waals surface area contributed by atoms with Gasteiger partial charge in [0.1, 0.15) is 6.54 Å². The molecule has 3 aromatic carbocycles. The molecule has 31 heavy (non-hydrogen) atoms. The lowest BCUT2D eigenvalue weighted by Gasteiger charge is -2.24. The van der Waals surface area contributed by atoms with Crippen molar-refractivity contribution < 1.29 is 18.1 Å². The summed E-state index contributed by atoms with van der Waals surface area (Å²) < 4.78 is 27.4. The van der Waals surface area contributed by atoms with Crippen LogP contribution in [-0.4, -0.2) is 25.8 Å². The minimum Gasteiger partial charge on any atom is -0.324 e. The van der Waals surface area contributed by atoms with Gasteiger partial charge in [-0.3, -0.25) is 19.2 Å². The Morgan fingerprint density at radius 2 is 1.77 bits per heavy atom. The van der Waals surface area contributed by atoms with Crippen molar-refractivity contribution >= 4 is 44.6 Å². The van der Waals surface area contributed by atoms with Gasteiger partial charge in [0.15, 0.2) is 0 Å². The normalized spacial score (nSPS) is 11.0. The van der Waals surface area contributed by atoms with Crippen LogP contribution in [0.3, 0.4) is 0 Å². The fourth-order valence-corrected chi connectivity index (χ4v) is 4.54. The van der Waals surface area contributed by atoms with Gasteiger partial charge in [-0.1, -0.05) is 35.9 Å². The van der Waals surface area contributed by atoms with Crippen LogP contribution in [0.2, 0.25) is 5.02 Å². The second kappa shape index (κ2) is 9.15. The number of nitro groups is 1. The van der Waals surface area contributed by atoms with Crippen LogP contribution in [0.25, 0.3) is 0 Å². The third-order valence-electron chi connectivity index (χ3n) is 4.41. The van der Waals surface area contributed by atoms with Crippen molar-refractivity contribution in [3.05, 3.63) is 93.5 Å². The van der Waals surface area contributed by atoms with Crippen molar-refractivity contribution in [2.75, 3.05) is 16.2 Å². The van der Waals surface area contributed by atoms with Gasteiger partial charge >= 0.3 is 0 Å². The lowest BCUT2D eigenvalue weighted by Crippen LogP contribution is -2.38. The second-order valence-electron chi connectivity index (χ2n) is 6.61. The largest absolute Gasteiger partial charge is 0.324 e. The number of hydrogen-bond acceptors (Lipinski definition) is 5. The van der Waals surface area contributed by atoms with Crippen LogP contribution in [0.4, 0.5) is 17.1 Å². The van der Waals surface area contributed by atoms with Gasteiger partial charge in [-0.2, -0.15) is 0 Å². The number of nitrogens with one attached hydrogen (secondary N) is 1. The molecule has 0 aliphatic carbocycles. The van der Waals surface area contributed by atoms with Crippen LogP contribution in [0, 0.1) is 17.0 Å². The molecule has 1 N–H and O–H groups in total. The van der Waals surface area contributed by atoms with Crippen LogP contribution in [0.1, 0.15) is 5.56 Å². The summed E-state index contributed by atoms with van der Waals surface area (Å²) in [5, 5.41) is 14.3. The molecule has 0 heterocycles. The summed E-state index contributed by atoms with van der Waals surface area (Å²) >= 11 is 5.93. The number of aryl methyl sites for hydroxylation is 1. The average Bonchev–Trinajstić information content (AvgIpc) is 2.74. The van der Waals surface area contributed by atoms with Gasteiger partial charge in [-0.05, 0) is 48.9 Å². The van der Waals surface area contributed by atoms with Gasteiger partial charge in [0.05, 0.1) is 15.5 Å². The predicted octanol–water partition coefficient (Wildman–Crippen LogP) is 4.39. The molecule has 0 fully saturated rings. The fraction of sp³-hybridized carbons (Fsp3) is 0.0952. The predicted molar refractivity (Wildman–Crippen MR) is 119 cm³/mol. The highest BCUT2D eigenvalue weighted by molar-refractivity contribution is 7.92. The molecule has 0 atom stereocenters. The number of carbonyl (C=O) groups excluding carboxylic acids is 1. The highest BCUT2D eigenvalue weighted by Gasteiger charge is 2.28. The summed E-state index contributed by atoms with van der Waals surface area (Å²) in [5.41, 5.74) is 0.889. The molecule has 0 saturated heterocycles. The number of sulfonamides is 1. The first-order valence-corrected chi connectivity index (χ1v) is 10.9.